The first-order valence-electron chi connectivity index (χ1n) is 8.73. The Balaban J connectivity index is 1.96. The molecule has 0 radical (unpaired) electrons. The molecule has 1 aliphatic carbocycles. The molecule has 2 heteroatoms. The summed E-state index contributed by atoms with van der Waals surface area (Å²) in [5.41, 5.74) is 0. The van der Waals surface area contributed by atoms with E-state index in [0.29, 0.717) is 0 Å². The maximum atomic E-state index is 4.26. The Hall–Kier alpha value is 0.310. The molecule has 1 rings (SSSR count). The first-order chi connectivity index (χ1) is 9.38. The van der Waals surface area contributed by atoms with E-state index >= 15 is 0 Å². The van der Waals surface area contributed by atoms with Crippen LogP contribution in [0.2, 0.25) is 0 Å². The van der Waals surface area contributed by atoms with Crippen molar-refractivity contribution < 1.29 is 0 Å². The van der Waals surface area contributed by atoms with Gasteiger partial charge in [0.25, 0.3) is 0 Å². The second kappa shape index (κ2) is 12.1. The first kappa shape index (κ1) is 17.4. The quantitative estimate of drug-likeness (QED) is 0.398. The molecule has 1 saturated carbocycles. The summed E-state index contributed by atoms with van der Waals surface area (Å²) in [6.45, 7) is 4.94. The molecule has 1 nitrogen and oxygen atoms in total. The molecule has 1 aliphatic rings. The van der Waals surface area contributed by atoms with Crippen LogP contribution in [0.1, 0.15) is 84.0 Å². The van der Waals surface area contributed by atoms with Crippen molar-refractivity contribution in [2.24, 2.45) is 0 Å². The Labute approximate surface area is 126 Å². The van der Waals surface area contributed by atoms with Crippen molar-refractivity contribution in [2.45, 2.75) is 90.0 Å². The predicted octanol–water partition coefficient (Wildman–Crippen LogP) is 5.30. The first-order valence-corrected chi connectivity index (χ1v) is 9.36. The summed E-state index contributed by atoms with van der Waals surface area (Å²) in [4.78, 5) is 2.75. The largest absolute Gasteiger partial charge is 0.301 e. The minimum absolute atomic E-state index is 0.911. The van der Waals surface area contributed by atoms with Crippen molar-refractivity contribution in [3.05, 3.63) is 0 Å². The van der Waals surface area contributed by atoms with Gasteiger partial charge in [-0.25, -0.2) is 0 Å². The molecule has 114 valence electrons. The molecule has 0 heterocycles. The topological polar surface area (TPSA) is 3.24 Å². The maximum Gasteiger partial charge on any atom is 0.00951 e. The van der Waals surface area contributed by atoms with E-state index in [1.807, 2.05) is 0 Å². The minimum atomic E-state index is 0.911. The molecule has 0 aromatic rings. The van der Waals surface area contributed by atoms with Crippen LogP contribution in [0.15, 0.2) is 0 Å². The van der Waals surface area contributed by atoms with E-state index in [2.05, 4.69) is 24.5 Å². The fourth-order valence-corrected chi connectivity index (χ4v) is 3.58. The third kappa shape index (κ3) is 8.24. The van der Waals surface area contributed by atoms with Crippen LogP contribution in [0.25, 0.3) is 0 Å². The van der Waals surface area contributed by atoms with Crippen LogP contribution in [0.4, 0.5) is 0 Å². The van der Waals surface area contributed by atoms with E-state index in [1.165, 1.54) is 90.1 Å². The molecular weight excluding hydrogens is 250 g/mol. The van der Waals surface area contributed by atoms with Gasteiger partial charge < -0.3 is 4.90 Å². The zero-order chi connectivity index (χ0) is 13.8. The summed E-state index contributed by atoms with van der Waals surface area (Å²) < 4.78 is 0. The van der Waals surface area contributed by atoms with Gasteiger partial charge in [0.2, 0.25) is 0 Å². The second-order valence-electron chi connectivity index (χ2n) is 6.12. The van der Waals surface area contributed by atoms with E-state index in [1.54, 1.807) is 0 Å². The van der Waals surface area contributed by atoms with Crippen molar-refractivity contribution in [3.63, 3.8) is 0 Å². The van der Waals surface area contributed by atoms with E-state index < -0.39 is 0 Å². The number of rotatable bonds is 11. The van der Waals surface area contributed by atoms with Crippen molar-refractivity contribution in [3.8, 4) is 0 Å². The average molecular weight is 286 g/mol. The molecule has 0 aromatic carbocycles. The molecule has 0 spiro atoms. The minimum Gasteiger partial charge on any atom is -0.301 e. The highest BCUT2D eigenvalue weighted by molar-refractivity contribution is 7.80. The zero-order valence-corrected chi connectivity index (χ0v) is 14.0. The summed E-state index contributed by atoms with van der Waals surface area (Å²) in [5.74, 6) is 1.06. The standard InChI is InChI=1S/C17H35NS/c1-2-18(17-13-9-8-10-14-17)15-11-6-4-3-5-7-12-16-19/h17,19H,2-16H2,1H3. The highest BCUT2D eigenvalue weighted by Crippen LogP contribution is 2.22. The highest BCUT2D eigenvalue weighted by Gasteiger charge is 2.18. The smallest absolute Gasteiger partial charge is 0.00951 e. The summed E-state index contributed by atoms with van der Waals surface area (Å²) >= 11 is 4.26. The highest BCUT2D eigenvalue weighted by atomic mass is 32.1. The molecule has 0 atom stereocenters. The summed E-state index contributed by atoms with van der Waals surface area (Å²) in [7, 11) is 0. The summed E-state index contributed by atoms with van der Waals surface area (Å²) in [6.07, 6.45) is 17.1. The molecule has 0 bridgehead atoms. The third-order valence-electron chi connectivity index (χ3n) is 4.60. The van der Waals surface area contributed by atoms with Crippen molar-refractivity contribution in [1.29, 1.82) is 0 Å². The fourth-order valence-electron chi connectivity index (χ4n) is 3.36. The van der Waals surface area contributed by atoms with Gasteiger partial charge in [-0.05, 0) is 44.5 Å². The lowest BCUT2D eigenvalue weighted by Gasteiger charge is -2.33. The fraction of sp³-hybridized carbons (Fsp3) is 1.00. The SMILES string of the molecule is CCN(CCCCCCCCCS)C1CCCCC1. The Morgan fingerprint density at radius 1 is 0.842 bits per heavy atom. The number of hydrogen-bond donors (Lipinski definition) is 1. The van der Waals surface area contributed by atoms with Gasteiger partial charge in [0, 0.05) is 6.04 Å². The maximum absolute atomic E-state index is 4.26. The lowest BCUT2D eigenvalue weighted by molar-refractivity contribution is 0.160. The van der Waals surface area contributed by atoms with Crippen molar-refractivity contribution in [1.82, 2.24) is 4.90 Å². The second-order valence-corrected chi connectivity index (χ2v) is 6.57. The molecule has 0 unspecified atom stereocenters. The van der Waals surface area contributed by atoms with Crippen LogP contribution >= 0.6 is 12.6 Å². The normalized spacial score (nSPS) is 17.2. The number of unbranched alkanes of at least 4 members (excludes halogenated alkanes) is 6. The molecule has 0 aromatic heterocycles. The molecule has 0 aliphatic heterocycles. The van der Waals surface area contributed by atoms with Gasteiger partial charge >= 0.3 is 0 Å². The molecule has 0 N–H and O–H groups in total. The molecular formula is C17H35NS. The van der Waals surface area contributed by atoms with Crippen LogP contribution in [0.3, 0.4) is 0 Å². The Bertz CT molecular complexity index is 190. The lowest BCUT2D eigenvalue weighted by Crippen LogP contribution is -2.37. The lowest BCUT2D eigenvalue weighted by atomic mass is 9.94. The number of hydrogen-bond acceptors (Lipinski definition) is 2. The third-order valence-corrected chi connectivity index (χ3v) is 4.92. The van der Waals surface area contributed by atoms with Gasteiger partial charge in [0.15, 0.2) is 0 Å². The van der Waals surface area contributed by atoms with Crippen molar-refractivity contribution in [2.75, 3.05) is 18.8 Å². The van der Waals surface area contributed by atoms with Gasteiger partial charge in [-0.2, -0.15) is 12.6 Å². The van der Waals surface area contributed by atoms with Gasteiger partial charge in [-0.1, -0.05) is 58.3 Å². The van der Waals surface area contributed by atoms with Gasteiger partial charge in [0.1, 0.15) is 0 Å². The Morgan fingerprint density at radius 2 is 1.42 bits per heavy atom. The van der Waals surface area contributed by atoms with Gasteiger partial charge in [-0.3, -0.25) is 0 Å². The van der Waals surface area contributed by atoms with Crippen molar-refractivity contribution >= 4 is 12.6 Å². The summed E-state index contributed by atoms with van der Waals surface area (Å²) in [5, 5.41) is 0. The Morgan fingerprint density at radius 3 is 2.00 bits per heavy atom. The Kier molecular flexibility index (Phi) is 11.0. The molecule has 0 amide bonds. The van der Waals surface area contributed by atoms with E-state index in [9.17, 15) is 0 Å². The van der Waals surface area contributed by atoms with Gasteiger partial charge in [-0.15, -0.1) is 0 Å². The van der Waals surface area contributed by atoms with E-state index in [4.69, 9.17) is 0 Å². The van der Waals surface area contributed by atoms with Gasteiger partial charge in [0.05, 0.1) is 0 Å². The molecule has 1 fully saturated rings. The van der Waals surface area contributed by atoms with E-state index in [-0.39, 0.29) is 0 Å². The van der Waals surface area contributed by atoms with Crippen LogP contribution < -0.4 is 0 Å². The van der Waals surface area contributed by atoms with Crippen LogP contribution in [0, 0.1) is 0 Å². The molecule has 0 saturated heterocycles. The van der Waals surface area contributed by atoms with Crippen LogP contribution in [-0.2, 0) is 0 Å². The van der Waals surface area contributed by atoms with Crippen LogP contribution in [-0.4, -0.2) is 29.8 Å². The number of thiol groups is 1. The monoisotopic (exact) mass is 285 g/mol. The predicted molar refractivity (Wildman–Crippen MR) is 90.3 cm³/mol. The zero-order valence-electron chi connectivity index (χ0n) is 13.1. The van der Waals surface area contributed by atoms with E-state index in [0.717, 1.165) is 11.8 Å². The average Bonchev–Trinajstić information content (AvgIpc) is 2.47. The molecule has 19 heavy (non-hydrogen) atoms. The van der Waals surface area contributed by atoms with Crippen LogP contribution in [0.5, 0.6) is 0 Å². The summed E-state index contributed by atoms with van der Waals surface area (Å²) in [6, 6.07) is 0.911. The number of nitrogens with zero attached hydrogens (tertiary/aromatic N) is 1.